The van der Waals surface area contributed by atoms with Crippen molar-refractivity contribution < 1.29 is 22.3 Å². The molecule has 0 amide bonds. The number of rotatable bonds is 2. The van der Waals surface area contributed by atoms with Gasteiger partial charge in [0.1, 0.15) is 11.6 Å². The van der Waals surface area contributed by atoms with Gasteiger partial charge in [0.15, 0.2) is 6.79 Å². The molecule has 0 radical (unpaired) electrons. The molecule has 0 bridgehead atoms. The summed E-state index contributed by atoms with van der Waals surface area (Å²) in [6.07, 6.45) is 0. The van der Waals surface area contributed by atoms with Crippen LogP contribution < -0.4 is 4.74 Å². The molecule has 0 aromatic heterocycles. The smallest absolute Gasteiger partial charge is 0.236 e. The second kappa shape index (κ2) is 4.20. The summed E-state index contributed by atoms with van der Waals surface area (Å²) in [5, 5.41) is 0. The summed E-state index contributed by atoms with van der Waals surface area (Å²) in [4.78, 5) is 0. The summed E-state index contributed by atoms with van der Waals surface area (Å²) < 4.78 is 45.2. The van der Waals surface area contributed by atoms with E-state index in [4.69, 9.17) is 20.2 Å². The van der Waals surface area contributed by atoms with Gasteiger partial charge in [0.25, 0.3) is 0 Å². The molecule has 1 aliphatic rings. The first-order valence-electron chi connectivity index (χ1n) is 4.40. The van der Waals surface area contributed by atoms with E-state index < -0.39 is 20.6 Å². The molecule has 0 N–H and O–H groups in total. The predicted molar refractivity (Wildman–Crippen MR) is 55.2 cm³/mol. The Morgan fingerprint density at radius 1 is 1.44 bits per heavy atom. The predicted octanol–water partition coefficient (Wildman–Crippen LogP) is 1.76. The van der Waals surface area contributed by atoms with Crippen molar-refractivity contribution in [1.82, 2.24) is 0 Å². The zero-order chi connectivity index (χ0) is 11.8. The Morgan fingerprint density at radius 3 is 2.88 bits per heavy atom. The molecule has 1 aromatic carbocycles. The van der Waals surface area contributed by atoms with Crippen molar-refractivity contribution in [3.63, 3.8) is 0 Å². The molecule has 0 atom stereocenters. The molecule has 0 saturated heterocycles. The highest BCUT2D eigenvalue weighted by atomic mass is 35.7. The molecule has 1 aliphatic heterocycles. The molecule has 0 aliphatic carbocycles. The highest BCUT2D eigenvalue weighted by molar-refractivity contribution is 8.13. The fourth-order valence-electron chi connectivity index (χ4n) is 1.44. The average molecular weight is 267 g/mol. The van der Waals surface area contributed by atoms with E-state index in [9.17, 15) is 12.8 Å². The van der Waals surface area contributed by atoms with Gasteiger partial charge in [-0.3, -0.25) is 0 Å². The van der Waals surface area contributed by atoms with E-state index in [2.05, 4.69) is 0 Å². The highest BCUT2D eigenvalue weighted by Crippen LogP contribution is 2.28. The van der Waals surface area contributed by atoms with Crippen molar-refractivity contribution in [3.8, 4) is 5.75 Å². The minimum absolute atomic E-state index is 0.00403. The second-order valence-corrected chi connectivity index (χ2v) is 6.12. The normalized spacial score (nSPS) is 15.4. The van der Waals surface area contributed by atoms with Crippen LogP contribution in [-0.2, 0) is 26.1 Å². The maximum atomic E-state index is 13.5. The van der Waals surface area contributed by atoms with Crippen LogP contribution in [0.15, 0.2) is 12.1 Å². The third-order valence-electron chi connectivity index (χ3n) is 2.11. The molecule has 0 saturated carbocycles. The number of ether oxygens (including phenoxy) is 2. The fraction of sp³-hybridized carbons (Fsp3) is 0.333. The Bertz CT molecular complexity index is 514. The third-order valence-corrected chi connectivity index (χ3v) is 3.10. The van der Waals surface area contributed by atoms with E-state index in [1.807, 2.05) is 0 Å². The molecule has 0 unspecified atom stereocenters. The Labute approximate surface area is 96.3 Å². The molecule has 2 rings (SSSR count). The van der Waals surface area contributed by atoms with Crippen LogP contribution in [0.1, 0.15) is 11.1 Å². The van der Waals surface area contributed by atoms with Crippen LogP contribution >= 0.6 is 10.7 Å². The van der Waals surface area contributed by atoms with Crippen LogP contribution in [0.2, 0.25) is 0 Å². The van der Waals surface area contributed by atoms with Gasteiger partial charge in [-0.25, -0.2) is 12.8 Å². The van der Waals surface area contributed by atoms with Gasteiger partial charge in [-0.15, -0.1) is 0 Å². The first-order valence-corrected chi connectivity index (χ1v) is 6.88. The third kappa shape index (κ3) is 2.63. The summed E-state index contributed by atoms with van der Waals surface area (Å²) in [5.41, 5.74) is 0.551. The zero-order valence-corrected chi connectivity index (χ0v) is 9.65. The summed E-state index contributed by atoms with van der Waals surface area (Å²) in [5.74, 6) is -0.752. The minimum Gasteiger partial charge on any atom is -0.467 e. The molecule has 16 heavy (non-hydrogen) atoms. The quantitative estimate of drug-likeness (QED) is 0.766. The lowest BCUT2D eigenvalue weighted by atomic mass is 10.1. The van der Waals surface area contributed by atoms with Crippen molar-refractivity contribution in [2.75, 3.05) is 6.79 Å². The van der Waals surface area contributed by atoms with Crippen LogP contribution in [-0.4, -0.2) is 15.2 Å². The Hall–Kier alpha value is -0.850. The van der Waals surface area contributed by atoms with Gasteiger partial charge in [0.2, 0.25) is 9.05 Å². The fourth-order valence-corrected chi connectivity index (χ4v) is 2.38. The van der Waals surface area contributed by atoms with Crippen LogP contribution in [0.5, 0.6) is 5.75 Å². The monoisotopic (exact) mass is 266 g/mol. The maximum Gasteiger partial charge on any atom is 0.236 e. The number of fused-ring (bicyclic) bond motifs is 1. The molecule has 0 fully saturated rings. The number of halogens is 2. The van der Waals surface area contributed by atoms with Crippen molar-refractivity contribution in [2.24, 2.45) is 0 Å². The molecule has 0 spiro atoms. The van der Waals surface area contributed by atoms with E-state index >= 15 is 0 Å². The average Bonchev–Trinajstić information content (AvgIpc) is 2.17. The van der Waals surface area contributed by atoms with E-state index in [0.717, 1.165) is 0 Å². The first-order chi connectivity index (χ1) is 7.46. The van der Waals surface area contributed by atoms with Crippen LogP contribution in [0.3, 0.4) is 0 Å². The highest BCUT2D eigenvalue weighted by Gasteiger charge is 2.18. The largest absolute Gasteiger partial charge is 0.467 e. The summed E-state index contributed by atoms with van der Waals surface area (Å²) in [6, 6.07) is 2.54. The molecular formula is C9H8ClFO4S. The Morgan fingerprint density at radius 2 is 2.19 bits per heavy atom. The van der Waals surface area contributed by atoms with E-state index in [1.54, 1.807) is 0 Å². The number of hydrogen-bond acceptors (Lipinski definition) is 4. The summed E-state index contributed by atoms with van der Waals surface area (Å²) in [7, 11) is 1.28. The van der Waals surface area contributed by atoms with Crippen molar-refractivity contribution in [1.29, 1.82) is 0 Å². The molecule has 1 aromatic rings. The van der Waals surface area contributed by atoms with Crippen molar-refractivity contribution in [3.05, 3.63) is 29.1 Å². The van der Waals surface area contributed by atoms with Gasteiger partial charge in [-0.2, -0.15) is 0 Å². The number of hydrogen-bond donors (Lipinski definition) is 0. The van der Waals surface area contributed by atoms with E-state index in [-0.39, 0.29) is 19.0 Å². The number of benzene rings is 1. The van der Waals surface area contributed by atoms with Crippen molar-refractivity contribution in [2.45, 2.75) is 12.4 Å². The topological polar surface area (TPSA) is 52.6 Å². The molecular weight excluding hydrogens is 259 g/mol. The van der Waals surface area contributed by atoms with Gasteiger partial charge in [-0.05, 0) is 12.1 Å². The second-order valence-electron chi connectivity index (χ2n) is 3.35. The molecule has 1 heterocycles. The minimum atomic E-state index is -3.78. The first kappa shape index (κ1) is 11.6. The van der Waals surface area contributed by atoms with Gasteiger partial charge < -0.3 is 9.47 Å². The van der Waals surface area contributed by atoms with Gasteiger partial charge >= 0.3 is 0 Å². The lowest BCUT2D eigenvalue weighted by Crippen LogP contribution is -2.12. The Balaban J connectivity index is 2.40. The van der Waals surface area contributed by atoms with Gasteiger partial charge in [-0.1, -0.05) is 0 Å². The zero-order valence-electron chi connectivity index (χ0n) is 8.07. The maximum absolute atomic E-state index is 13.5. The summed E-state index contributed by atoms with van der Waals surface area (Å²) in [6.45, 7) is 0.325. The van der Waals surface area contributed by atoms with E-state index in [1.165, 1.54) is 12.1 Å². The van der Waals surface area contributed by atoms with Crippen LogP contribution in [0, 0.1) is 5.82 Å². The standard InChI is InChI=1S/C9H8ClFO4S/c10-16(12,13)4-7-2-9-6(1-8(7)11)3-14-5-15-9/h1-2H,3-5H2. The van der Waals surface area contributed by atoms with Gasteiger partial charge in [0.05, 0.1) is 12.4 Å². The molecule has 88 valence electrons. The van der Waals surface area contributed by atoms with Crippen LogP contribution in [0.4, 0.5) is 4.39 Å². The summed E-state index contributed by atoms with van der Waals surface area (Å²) >= 11 is 0. The lowest BCUT2D eigenvalue weighted by Gasteiger charge is -2.18. The molecule has 4 nitrogen and oxygen atoms in total. The van der Waals surface area contributed by atoms with E-state index in [0.29, 0.717) is 11.3 Å². The SMILES string of the molecule is O=S(=O)(Cl)Cc1cc2c(cc1F)COCO2. The van der Waals surface area contributed by atoms with Crippen molar-refractivity contribution >= 4 is 19.7 Å². The lowest BCUT2D eigenvalue weighted by molar-refractivity contribution is -0.0166. The van der Waals surface area contributed by atoms with Gasteiger partial charge in [0, 0.05) is 21.8 Å². The Kier molecular flexibility index (Phi) is 3.05. The van der Waals surface area contributed by atoms with Crippen LogP contribution in [0.25, 0.3) is 0 Å². The molecule has 7 heteroatoms.